The molecule has 2 aliphatic rings. The minimum atomic E-state index is -0.0291. The fourth-order valence-electron chi connectivity index (χ4n) is 14.0. The Morgan fingerprint density at radius 3 is 1.81 bits per heavy atom. The Labute approximate surface area is 456 Å². The zero-order chi connectivity index (χ0) is 52.1. The lowest BCUT2D eigenvalue weighted by atomic mass is 9.36. The smallest absolute Gasteiger partial charge is 0.264 e. The highest BCUT2D eigenvalue weighted by molar-refractivity contribution is 7.33. The molecule has 0 amide bonds. The van der Waals surface area contributed by atoms with Crippen molar-refractivity contribution in [3.8, 4) is 17.1 Å². The molecule has 0 fully saturated rings. The van der Waals surface area contributed by atoms with Crippen molar-refractivity contribution in [1.29, 1.82) is 0 Å². The topological polar surface area (TPSA) is 18.0 Å². The average Bonchev–Trinajstić information content (AvgIpc) is 4.25. The van der Waals surface area contributed by atoms with E-state index < -0.39 is 0 Å². The number of para-hydroxylation sites is 3. The number of hydrogen-bond donors (Lipinski definition) is 0. The SMILES string of the molecule is CC(C)(C)c1ccc(N2c3cc(-n4c5cc6ccccc6cc5c5ccc6ccccc6c54)cc4c3B(c3sc5cc(C(C)(C)C)ccc5c32)c2cccc3c5c(ccc6c7ccccc7n(-c7ccccc7)c65)n-4c23)cc1. The lowest BCUT2D eigenvalue weighted by Gasteiger charge is -2.39. The van der Waals surface area contributed by atoms with Crippen molar-refractivity contribution in [2.24, 2.45) is 0 Å². The summed E-state index contributed by atoms with van der Waals surface area (Å²) in [5.74, 6) is 0. The van der Waals surface area contributed by atoms with E-state index in [1.807, 2.05) is 11.3 Å². The average molecular weight is 1020 g/mol. The summed E-state index contributed by atoms with van der Waals surface area (Å²) in [6.07, 6.45) is 0. The van der Waals surface area contributed by atoms with Crippen LogP contribution in [0.3, 0.4) is 0 Å². The Morgan fingerprint density at radius 1 is 0.372 bits per heavy atom. The highest BCUT2D eigenvalue weighted by atomic mass is 32.1. The van der Waals surface area contributed by atoms with Gasteiger partial charge in [0.2, 0.25) is 0 Å². The third-order valence-electron chi connectivity index (χ3n) is 17.6. The van der Waals surface area contributed by atoms with E-state index in [-0.39, 0.29) is 17.5 Å². The fraction of sp³-hybridized carbons (Fsp3) is 0.111. The van der Waals surface area contributed by atoms with Crippen molar-refractivity contribution in [3.05, 3.63) is 223 Å². The third kappa shape index (κ3) is 5.90. The van der Waals surface area contributed by atoms with E-state index in [4.69, 9.17) is 0 Å². The van der Waals surface area contributed by atoms with Crippen molar-refractivity contribution in [1.82, 2.24) is 13.7 Å². The zero-order valence-corrected chi connectivity index (χ0v) is 45.3. The van der Waals surface area contributed by atoms with E-state index >= 15 is 0 Å². The molecular formula is C72H53BN4S. The molecular weight excluding hydrogens is 964 g/mol. The van der Waals surface area contributed by atoms with Crippen LogP contribution in [0.2, 0.25) is 0 Å². The van der Waals surface area contributed by atoms with E-state index in [0.717, 1.165) is 17.1 Å². The Balaban J connectivity index is 1.08. The Morgan fingerprint density at radius 2 is 1.01 bits per heavy atom. The summed E-state index contributed by atoms with van der Waals surface area (Å²) in [5.41, 5.74) is 19.9. The van der Waals surface area contributed by atoms with E-state index in [1.165, 1.54) is 141 Å². The predicted molar refractivity (Wildman–Crippen MR) is 337 cm³/mol. The standard InChI is InChI=1S/C72H53BN4S/c1-71(2,3)45-28-31-48(32-29-45)75-61-40-49(76-60-38-44-19-11-10-18-43(44)37-56(60)53-33-27-42-17-12-13-22-50(42)66(53)76)41-62-65(61)73(70-69(75)54-34-30-46(72(4,5)6)39-63(54)78-70)57-25-16-24-55-64-59(77(62)67(55)57)36-35-52-51-23-14-15-26-58(51)74(68(52)64)47-20-8-7-9-21-47/h7-41H,1-6H3. The van der Waals surface area contributed by atoms with Gasteiger partial charge >= 0.3 is 0 Å². The van der Waals surface area contributed by atoms with Crippen LogP contribution in [0.4, 0.5) is 17.1 Å². The molecule has 0 aliphatic carbocycles. The van der Waals surface area contributed by atoms with Crippen molar-refractivity contribution in [2.75, 3.05) is 4.90 Å². The van der Waals surface area contributed by atoms with Crippen LogP contribution in [-0.4, -0.2) is 20.4 Å². The van der Waals surface area contributed by atoms with Crippen molar-refractivity contribution >= 4 is 148 Å². The second kappa shape index (κ2) is 15.4. The molecule has 17 rings (SSSR count). The first kappa shape index (κ1) is 44.3. The van der Waals surface area contributed by atoms with Gasteiger partial charge in [-0.25, -0.2) is 0 Å². The second-order valence-corrected chi connectivity index (χ2v) is 25.2. The van der Waals surface area contributed by atoms with Gasteiger partial charge in [-0.15, -0.1) is 11.3 Å². The number of nitrogens with zero attached hydrogens (tertiary/aromatic N) is 4. The Kier molecular flexibility index (Phi) is 8.77. The summed E-state index contributed by atoms with van der Waals surface area (Å²) in [6.45, 7) is 13.9. The van der Waals surface area contributed by atoms with Gasteiger partial charge in [0.25, 0.3) is 6.71 Å². The van der Waals surface area contributed by atoms with Gasteiger partial charge in [-0.2, -0.15) is 0 Å². The summed E-state index contributed by atoms with van der Waals surface area (Å²) in [4.78, 5) is 2.65. The molecule has 0 saturated carbocycles. The minimum Gasteiger partial charge on any atom is -0.310 e. The molecule has 0 radical (unpaired) electrons. The van der Waals surface area contributed by atoms with E-state index in [0.29, 0.717) is 0 Å². The molecule has 0 unspecified atom stereocenters. The molecule has 0 spiro atoms. The van der Waals surface area contributed by atoms with Crippen LogP contribution in [0.5, 0.6) is 0 Å². The first-order valence-electron chi connectivity index (χ1n) is 27.5. The molecule has 6 heteroatoms. The molecule has 0 atom stereocenters. The molecule has 0 N–H and O–H groups in total. The first-order chi connectivity index (χ1) is 38.0. The van der Waals surface area contributed by atoms with Crippen LogP contribution in [-0.2, 0) is 10.8 Å². The molecule has 78 heavy (non-hydrogen) atoms. The number of rotatable bonds is 3. The van der Waals surface area contributed by atoms with Gasteiger partial charge in [0, 0.05) is 80.8 Å². The van der Waals surface area contributed by atoms with Crippen molar-refractivity contribution in [3.63, 3.8) is 0 Å². The fourth-order valence-corrected chi connectivity index (χ4v) is 15.4. The maximum absolute atomic E-state index is 2.67. The van der Waals surface area contributed by atoms with Gasteiger partial charge in [0.05, 0.1) is 39.0 Å². The van der Waals surface area contributed by atoms with Crippen LogP contribution in [0.1, 0.15) is 52.7 Å². The summed E-state index contributed by atoms with van der Waals surface area (Å²) < 4.78 is 10.5. The number of hydrogen-bond acceptors (Lipinski definition) is 2. The number of thiophene rings is 1. The number of benzene rings is 11. The highest BCUT2D eigenvalue weighted by Gasteiger charge is 2.45. The quantitative estimate of drug-likeness (QED) is 0.161. The largest absolute Gasteiger partial charge is 0.310 e. The zero-order valence-electron chi connectivity index (χ0n) is 44.5. The molecule has 0 saturated heterocycles. The molecule has 0 bridgehead atoms. The van der Waals surface area contributed by atoms with Gasteiger partial charge < -0.3 is 18.6 Å². The summed E-state index contributed by atoms with van der Waals surface area (Å²) in [7, 11) is 0. The van der Waals surface area contributed by atoms with Gasteiger partial charge in [0.1, 0.15) is 0 Å². The molecule has 11 aromatic carbocycles. The molecule has 370 valence electrons. The lowest BCUT2D eigenvalue weighted by Crippen LogP contribution is -2.59. The van der Waals surface area contributed by atoms with Crippen LogP contribution >= 0.6 is 11.3 Å². The monoisotopic (exact) mass is 1020 g/mol. The maximum Gasteiger partial charge on any atom is 0.264 e. The molecule has 15 aromatic rings. The maximum atomic E-state index is 2.67. The summed E-state index contributed by atoms with van der Waals surface area (Å²) >= 11 is 1.99. The van der Waals surface area contributed by atoms with Crippen LogP contribution in [0.25, 0.3) is 114 Å². The third-order valence-corrected chi connectivity index (χ3v) is 18.9. The van der Waals surface area contributed by atoms with Crippen molar-refractivity contribution in [2.45, 2.75) is 52.4 Å². The molecule has 2 aliphatic heterocycles. The van der Waals surface area contributed by atoms with Gasteiger partial charge in [-0.05, 0) is 116 Å². The predicted octanol–water partition coefficient (Wildman–Crippen LogP) is 17.7. The van der Waals surface area contributed by atoms with Gasteiger partial charge in [0.15, 0.2) is 0 Å². The molecule has 4 aromatic heterocycles. The highest BCUT2D eigenvalue weighted by Crippen LogP contribution is 2.50. The molecule has 6 heterocycles. The van der Waals surface area contributed by atoms with Crippen LogP contribution < -0.4 is 20.6 Å². The Hall–Kier alpha value is -8.84. The summed E-state index contributed by atoms with van der Waals surface area (Å²) in [5, 5.41) is 13.8. The Bertz CT molecular complexity index is 5110. The number of fused-ring (bicyclic) bond motifs is 19. The first-order valence-corrected chi connectivity index (χ1v) is 28.4. The molecule has 4 nitrogen and oxygen atoms in total. The second-order valence-electron chi connectivity index (χ2n) is 24.1. The van der Waals surface area contributed by atoms with Gasteiger partial charge in [-0.1, -0.05) is 187 Å². The van der Waals surface area contributed by atoms with E-state index in [1.54, 1.807) is 0 Å². The lowest BCUT2D eigenvalue weighted by molar-refractivity contribution is 0.590. The van der Waals surface area contributed by atoms with Crippen molar-refractivity contribution < 1.29 is 0 Å². The van der Waals surface area contributed by atoms with E-state index in [9.17, 15) is 0 Å². The van der Waals surface area contributed by atoms with Crippen LogP contribution in [0.15, 0.2) is 212 Å². The number of anilines is 3. The number of aromatic nitrogens is 3. The minimum absolute atomic E-state index is 0.000120. The van der Waals surface area contributed by atoms with E-state index in [2.05, 4.69) is 272 Å². The summed E-state index contributed by atoms with van der Waals surface area (Å²) in [6, 6.07) is 81.2. The normalized spacial score (nSPS) is 13.5. The van der Waals surface area contributed by atoms with Gasteiger partial charge in [-0.3, -0.25) is 0 Å². The van der Waals surface area contributed by atoms with Crippen LogP contribution in [0, 0.1) is 0 Å².